The minimum Gasteiger partial charge on any atom is -0.370 e. The maximum Gasteiger partial charge on any atom is 0.220 e. The lowest BCUT2D eigenvalue weighted by Crippen LogP contribution is -2.40. The summed E-state index contributed by atoms with van der Waals surface area (Å²) in [4.78, 5) is 22.6. The molecule has 6 nitrogen and oxygen atoms in total. The van der Waals surface area contributed by atoms with Gasteiger partial charge in [-0.1, -0.05) is 28.0 Å². The smallest absolute Gasteiger partial charge is 0.220 e. The Balaban J connectivity index is 2.06. The second-order valence-corrected chi connectivity index (χ2v) is 7.80. The molecule has 21 heavy (non-hydrogen) atoms. The van der Waals surface area contributed by atoms with Gasteiger partial charge in [0.1, 0.15) is 6.29 Å². The van der Waals surface area contributed by atoms with E-state index >= 15 is 0 Å². The Morgan fingerprint density at radius 2 is 2.29 bits per heavy atom. The molecular weight excluding hydrogens is 308 g/mol. The molecular formula is C13H24N4O2S2. The van der Waals surface area contributed by atoms with Gasteiger partial charge in [0.2, 0.25) is 5.91 Å². The molecule has 2 atom stereocenters. The van der Waals surface area contributed by atoms with Gasteiger partial charge >= 0.3 is 0 Å². The van der Waals surface area contributed by atoms with Gasteiger partial charge in [0.05, 0.1) is 6.04 Å². The van der Waals surface area contributed by atoms with E-state index in [4.69, 9.17) is 11.1 Å². The van der Waals surface area contributed by atoms with Crippen molar-refractivity contribution in [2.75, 3.05) is 12.3 Å². The van der Waals surface area contributed by atoms with Gasteiger partial charge in [0.15, 0.2) is 5.96 Å². The second-order valence-electron chi connectivity index (χ2n) is 5.01. The number of nitrogens with two attached hydrogens (primary N) is 1. The topological polar surface area (TPSA) is 108 Å². The van der Waals surface area contributed by atoms with Crippen LogP contribution in [0.1, 0.15) is 38.5 Å². The van der Waals surface area contributed by atoms with Crippen LogP contribution >= 0.6 is 21.6 Å². The van der Waals surface area contributed by atoms with Crippen LogP contribution in [0.4, 0.5) is 0 Å². The molecule has 1 saturated heterocycles. The van der Waals surface area contributed by atoms with Gasteiger partial charge in [0.25, 0.3) is 0 Å². The van der Waals surface area contributed by atoms with Gasteiger partial charge < -0.3 is 21.2 Å². The van der Waals surface area contributed by atoms with Crippen LogP contribution in [0.5, 0.6) is 0 Å². The number of carbonyl (C=O) groups is 2. The number of hydrogen-bond donors (Lipinski definition) is 4. The SMILES string of the molecule is N=C(N)NCC[C@@H](C=O)NC(=O)CCCC[C@@H]1CCSS1. The summed E-state index contributed by atoms with van der Waals surface area (Å²) in [5, 5.41) is 13.1. The predicted molar refractivity (Wildman–Crippen MR) is 89.5 cm³/mol. The van der Waals surface area contributed by atoms with Gasteiger partial charge in [-0.15, -0.1) is 0 Å². The van der Waals surface area contributed by atoms with Crippen LogP contribution in [0.25, 0.3) is 0 Å². The summed E-state index contributed by atoms with van der Waals surface area (Å²) in [5.41, 5.74) is 5.15. The Morgan fingerprint density at radius 1 is 1.48 bits per heavy atom. The third kappa shape index (κ3) is 8.87. The first-order chi connectivity index (χ1) is 10.1. The standard InChI is InChI=1S/C13H24N4O2S2/c14-13(15)16-7-5-10(9-18)17-12(19)4-2-1-3-11-6-8-20-21-11/h9-11H,1-8H2,(H,17,19)(H4,14,15,16)/t10-,11+/m0/s1. The molecule has 0 aliphatic carbocycles. The zero-order valence-electron chi connectivity index (χ0n) is 12.1. The molecule has 0 aromatic carbocycles. The average Bonchev–Trinajstić information content (AvgIpc) is 2.95. The van der Waals surface area contributed by atoms with Gasteiger partial charge in [-0.3, -0.25) is 10.2 Å². The molecule has 120 valence electrons. The summed E-state index contributed by atoms with van der Waals surface area (Å²) in [7, 11) is 3.90. The van der Waals surface area contributed by atoms with E-state index in [-0.39, 0.29) is 11.9 Å². The number of nitrogens with one attached hydrogen (secondary N) is 3. The van der Waals surface area contributed by atoms with Crippen LogP contribution < -0.4 is 16.4 Å². The normalized spacial score (nSPS) is 19.0. The summed E-state index contributed by atoms with van der Waals surface area (Å²) >= 11 is 0. The molecule has 0 radical (unpaired) electrons. The van der Waals surface area contributed by atoms with Crippen LogP contribution in [-0.2, 0) is 9.59 Å². The van der Waals surface area contributed by atoms with Crippen molar-refractivity contribution in [2.45, 2.75) is 49.8 Å². The van der Waals surface area contributed by atoms with E-state index < -0.39 is 6.04 Å². The van der Waals surface area contributed by atoms with Gasteiger partial charge in [-0.25, -0.2) is 0 Å². The Bertz CT molecular complexity index is 349. The van der Waals surface area contributed by atoms with Crippen molar-refractivity contribution in [3.8, 4) is 0 Å². The number of amides is 1. The minimum absolute atomic E-state index is 0.0802. The average molecular weight is 332 g/mol. The lowest BCUT2D eigenvalue weighted by molar-refractivity contribution is -0.124. The number of carbonyl (C=O) groups excluding carboxylic acids is 2. The number of rotatable bonds is 10. The van der Waals surface area contributed by atoms with Gasteiger partial charge in [-0.05, 0) is 25.7 Å². The minimum atomic E-state index is -0.508. The number of guanidine groups is 1. The molecule has 1 amide bonds. The summed E-state index contributed by atoms with van der Waals surface area (Å²) in [6.45, 7) is 0.398. The molecule has 8 heteroatoms. The largest absolute Gasteiger partial charge is 0.370 e. The van der Waals surface area contributed by atoms with Crippen molar-refractivity contribution in [3.05, 3.63) is 0 Å². The molecule has 0 aromatic heterocycles. The first-order valence-electron chi connectivity index (χ1n) is 7.22. The number of unbranched alkanes of at least 4 members (excludes halogenated alkanes) is 1. The fourth-order valence-corrected chi connectivity index (χ4v) is 5.07. The number of hydrogen-bond acceptors (Lipinski definition) is 5. The maximum atomic E-state index is 11.7. The van der Waals surface area contributed by atoms with Crippen molar-refractivity contribution in [2.24, 2.45) is 5.73 Å². The lowest BCUT2D eigenvalue weighted by Gasteiger charge is -2.13. The van der Waals surface area contributed by atoms with Crippen LogP contribution in [-0.4, -0.2) is 41.7 Å². The van der Waals surface area contributed by atoms with E-state index in [1.165, 1.54) is 18.6 Å². The molecule has 1 aliphatic rings. The highest BCUT2D eigenvalue weighted by molar-refractivity contribution is 8.77. The van der Waals surface area contributed by atoms with Crippen molar-refractivity contribution in [3.63, 3.8) is 0 Å². The fraction of sp³-hybridized carbons (Fsp3) is 0.769. The Hall–Kier alpha value is -0.890. The van der Waals surface area contributed by atoms with E-state index in [1.807, 2.05) is 21.6 Å². The predicted octanol–water partition coefficient (Wildman–Crippen LogP) is 1.26. The van der Waals surface area contributed by atoms with E-state index in [9.17, 15) is 9.59 Å². The number of aldehydes is 1. The summed E-state index contributed by atoms with van der Waals surface area (Å²) in [6, 6.07) is -0.508. The highest BCUT2D eigenvalue weighted by Gasteiger charge is 2.16. The van der Waals surface area contributed by atoms with Crippen LogP contribution in [0.2, 0.25) is 0 Å². The van der Waals surface area contributed by atoms with Crippen LogP contribution in [0.3, 0.4) is 0 Å². The first kappa shape index (κ1) is 18.2. The molecule has 1 rings (SSSR count). The summed E-state index contributed by atoms with van der Waals surface area (Å²) < 4.78 is 0. The molecule has 1 aliphatic heterocycles. The van der Waals surface area contributed by atoms with Gasteiger partial charge in [0, 0.05) is 24.0 Å². The van der Waals surface area contributed by atoms with Gasteiger partial charge in [-0.2, -0.15) is 0 Å². The van der Waals surface area contributed by atoms with Crippen LogP contribution in [0, 0.1) is 5.41 Å². The molecule has 5 N–H and O–H groups in total. The summed E-state index contributed by atoms with van der Waals surface area (Å²) in [5.74, 6) is 1.03. The van der Waals surface area contributed by atoms with E-state index in [1.54, 1.807) is 0 Å². The van der Waals surface area contributed by atoms with E-state index in [2.05, 4.69) is 10.6 Å². The Kier molecular flexibility index (Phi) is 9.32. The Labute approximate surface area is 133 Å². The highest BCUT2D eigenvalue weighted by atomic mass is 33.1. The third-order valence-corrected chi connectivity index (χ3v) is 6.20. The molecule has 0 aromatic rings. The molecule has 1 heterocycles. The zero-order chi connectivity index (χ0) is 15.5. The molecule has 0 unspecified atom stereocenters. The van der Waals surface area contributed by atoms with Crippen molar-refractivity contribution in [1.82, 2.24) is 10.6 Å². The molecule has 0 spiro atoms. The lowest BCUT2D eigenvalue weighted by atomic mass is 10.1. The Morgan fingerprint density at radius 3 is 2.90 bits per heavy atom. The molecule has 1 fully saturated rings. The fourth-order valence-electron chi connectivity index (χ4n) is 2.04. The highest BCUT2D eigenvalue weighted by Crippen LogP contribution is 2.39. The molecule has 0 bridgehead atoms. The zero-order valence-corrected chi connectivity index (χ0v) is 13.7. The summed E-state index contributed by atoms with van der Waals surface area (Å²) in [6.07, 6.45) is 6.00. The van der Waals surface area contributed by atoms with Crippen molar-refractivity contribution >= 4 is 39.7 Å². The van der Waals surface area contributed by atoms with Crippen molar-refractivity contribution in [1.29, 1.82) is 5.41 Å². The second kappa shape index (κ2) is 10.8. The van der Waals surface area contributed by atoms with E-state index in [0.29, 0.717) is 19.4 Å². The quantitative estimate of drug-likeness (QED) is 0.158. The monoisotopic (exact) mass is 332 g/mol. The molecule has 0 saturated carbocycles. The maximum absolute atomic E-state index is 11.7. The van der Waals surface area contributed by atoms with Crippen molar-refractivity contribution < 1.29 is 9.59 Å². The first-order valence-corrected chi connectivity index (χ1v) is 9.61. The van der Waals surface area contributed by atoms with Crippen LogP contribution in [0.15, 0.2) is 0 Å². The van der Waals surface area contributed by atoms with E-state index in [0.717, 1.165) is 24.4 Å². The third-order valence-electron chi connectivity index (χ3n) is 3.19.